The molecule has 6 heterocycles. The van der Waals surface area contributed by atoms with Gasteiger partial charge in [-0.05, 0) is 31.0 Å². The van der Waals surface area contributed by atoms with Crippen molar-refractivity contribution in [1.82, 2.24) is 29.5 Å². The number of oxime groups is 1. The summed E-state index contributed by atoms with van der Waals surface area (Å²) < 4.78 is 8.04. The molecule has 0 aliphatic carbocycles. The van der Waals surface area contributed by atoms with Crippen LogP contribution in [-0.4, -0.2) is 96.7 Å². The number of amides is 2. The average molecular weight is 731 g/mol. The number of aromatic nitrogens is 4. The molecule has 1 unspecified atom stereocenters. The zero-order valence-electron chi connectivity index (χ0n) is 27.6. The van der Waals surface area contributed by atoms with Crippen LogP contribution < -0.4 is 26.7 Å². The van der Waals surface area contributed by atoms with E-state index in [0.29, 0.717) is 23.7 Å². The molecule has 0 saturated carbocycles. The van der Waals surface area contributed by atoms with Gasteiger partial charge in [0.2, 0.25) is 11.5 Å². The maximum absolute atomic E-state index is 13.3. The first-order chi connectivity index (χ1) is 24.7. The van der Waals surface area contributed by atoms with E-state index < -0.39 is 29.2 Å². The summed E-state index contributed by atoms with van der Waals surface area (Å²) in [7, 11) is 1.26. The van der Waals surface area contributed by atoms with E-state index in [4.69, 9.17) is 21.3 Å². The highest BCUT2D eigenvalue weighted by atomic mass is 32.2. The Morgan fingerprint density at radius 1 is 1.24 bits per heavy atom. The number of nitrogens with zero attached hydrogens (tertiary/aromatic N) is 7. The van der Waals surface area contributed by atoms with E-state index in [1.165, 1.54) is 23.8 Å². The summed E-state index contributed by atoms with van der Waals surface area (Å²) in [5, 5.41) is 20.5. The number of rotatable bonds is 11. The van der Waals surface area contributed by atoms with Crippen molar-refractivity contribution in [3.05, 3.63) is 83.2 Å². The molecule has 3 atom stereocenters. The van der Waals surface area contributed by atoms with Gasteiger partial charge in [-0.1, -0.05) is 29.4 Å². The summed E-state index contributed by atoms with van der Waals surface area (Å²) in [4.78, 5) is 53.6. The monoisotopic (exact) mass is 730 g/mol. The molecule has 0 spiro atoms. The van der Waals surface area contributed by atoms with Gasteiger partial charge < -0.3 is 36.6 Å². The van der Waals surface area contributed by atoms with Crippen molar-refractivity contribution in [2.75, 3.05) is 31.7 Å². The molecule has 1 aromatic carbocycles. The number of carbonyl (C=O) groups excluding carboxylic acids is 2. The van der Waals surface area contributed by atoms with Gasteiger partial charge in [0.15, 0.2) is 24.1 Å². The third-order valence-electron chi connectivity index (χ3n) is 8.93. The van der Waals surface area contributed by atoms with Crippen LogP contribution >= 0.6 is 23.3 Å². The number of β-lactam (4-membered cyclic amide) rings is 1. The lowest BCUT2D eigenvalue weighted by Gasteiger charge is -2.49. The number of nitrogens with one attached hydrogen (secondary N) is 2. The number of aliphatic carboxylic acids is 1. The van der Waals surface area contributed by atoms with E-state index in [1.54, 1.807) is 0 Å². The van der Waals surface area contributed by atoms with Crippen molar-refractivity contribution < 1.29 is 28.9 Å². The van der Waals surface area contributed by atoms with Crippen molar-refractivity contribution in [3.63, 3.8) is 0 Å². The minimum atomic E-state index is -1.22. The van der Waals surface area contributed by atoms with Crippen molar-refractivity contribution in [3.8, 4) is 0 Å². The van der Waals surface area contributed by atoms with Crippen LogP contribution in [0.15, 0.2) is 76.4 Å². The minimum absolute atomic E-state index is 0.0402. The lowest BCUT2D eigenvalue weighted by atomic mass is 10.0. The van der Waals surface area contributed by atoms with Gasteiger partial charge in [0, 0.05) is 59.2 Å². The maximum Gasteiger partial charge on any atom is 0.352 e. The smallest absolute Gasteiger partial charge is 0.352 e. The van der Waals surface area contributed by atoms with Crippen LogP contribution in [-0.2, 0) is 32.3 Å². The van der Waals surface area contributed by atoms with E-state index in [-0.39, 0.29) is 35.0 Å². The molecule has 3 aliphatic rings. The number of carboxylic acids is 1. The largest absolute Gasteiger partial charge is 0.477 e. The molecule has 18 heteroatoms. The number of anilines is 1. The summed E-state index contributed by atoms with van der Waals surface area (Å²) in [6.07, 6.45) is 8.03. The third-order valence-corrected chi connectivity index (χ3v) is 10.8. The Morgan fingerprint density at radius 3 is 2.76 bits per heavy atom. The Morgan fingerprint density at radius 2 is 2.06 bits per heavy atom. The van der Waals surface area contributed by atoms with Gasteiger partial charge >= 0.3 is 5.97 Å². The van der Waals surface area contributed by atoms with E-state index >= 15 is 0 Å². The van der Waals surface area contributed by atoms with Crippen LogP contribution in [0.3, 0.4) is 0 Å². The minimum Gasteiger partial charge on any atom is -0.477 e. The first-order valence-electron chi connectivity index (χ1n) is 16.2. The molecule has 0 radical (unpaired) electrons. The second-order valence-corrected chi connectivity index (χ2v) is 14.2. The molecule has 264 valence electrons. The Hall–Kier alpha value is -5.33. The standard InChI is InChI=1S/C33H35N11O5S2/c1-49-40-24(28-39-33(35)51-41-28)29(45)38-25-30(46)44-26(32(47)48)21(17-50-31(25)44)15-42-11-8-19-9-12-43(23(19)16-42)14-18-4-6-20(7-5-18)27(34)37-22-3-2-10-36-13-22/h4-9,11-12,16,22,25,31,36H,2-3,10,13-15,17H2,1H3,(H5-,34,35,37,38,39,41,45,47,48)/p+1/t22?,25-,31-/m1/s1. The summed E-state index contributed by atoms with van der Waals surface area (Å²) in [5.41, 5.74) is 15.2. The van der Waals surface area contributed by atoms with Gasteiger partial charge in [-0.25, -0.2) is 4.79 Å². The number of hydrogen-bond acceptors (Lipinski definition) is 12. The zero-order valence-corrected chi connectivity index (χ0v) is 29.2. The van der Waals surface area contributed by atoms with Crippen LogP contribution in [0.2, 0.25) is 0 Å². The molecule has 4 aromatic rings. The molecule has 3 aromatic heterocycles. The quantitative estimate of drug-likeness (QED) is 0.0475. The molecule has 51 heavy (non-hydrogen) atoms. The Bertz CT molecular complexity index is 2090. The Labute approximate surface area is 300 Å². The lowest BCUT2D eigenvalue weighted by Crippen LogP contribution is -2.71. The lowest BCUT2D eigenvalue weighted by molar-refractivity contribution is -0.687. The number of benzene rings is 1. The van der Waals surface area contributed by atoms with Crippen LogP contribution in [0.1, 0.15) is 29.8 Å². The molecule has 2 saturated heterocycles. The van der Waals surface area contributed by atoms with Crippen molar-refractivity contribution in [2.45, 2.75) is 43.4 Å². The van der Waals surface area contributed by atoms with Crippen molar-refractivity contribution >= 4 is 68.7 Å². The summed E-state index contributed by atoms with van der Waals surface area (Å²) >= 11 is 2.26. The number of carboxylic acid groups (broad SMARTS) is 1. The number of carbonyl (C=O) groups is 3. The average Bonchev–Trinajstić information content (AvgIpc) is 3.75. The van der Waals surface area contributed by atoms with Gasteiger partial charge in [-0.3, -0.25) is 19.5 Å². The van der Waals surface area contributed by atoms with Gasteiger partial charge in [0.25, 0.3) is 11.8 Å². The molecule has 2 fully saturated rings. The Balaban J connectivity index is 1.05. The molecule has 7 N–H and O–H groups in total. The van der Waals surface area contributed by atoms with Gasteiger partial charge in [0.05, 0.1) is 6.04 Å². The van der Waals surface area contributed by atoms with Gasteiger partial charge in [0.1, 0.15) is 35.6 Å². The number of piperidine rings is 1. The predicted molar refractivity (Wildman–Crippen MR) is 192 cm³/mol. The van der Waals surface area contributed by atoms with E-state index in [9.17, 15) is 19.5 Å². The number of fused-ring (bicyclic) bond motifs is 2. The zero-order chi connectivity index (χ0) is 35.6. The summed E-state index contributed by atoms with van der Waals surface area (Å²) in [6, 6.07) is 11.3. The predicted octanol–water partition coefficient (Wildman–Crippen LogP) is 0.657. The molecule has 16 nitrogen and oxygen atoms in total. The number of nitrogen functional groups attached to an aromatic ring is 1. The Kier molecular flexibility index (Phi) is 9.70. The fraction of sp³-hybridized carbons (Fsp3) is 0.333. The second-order valence-electron chi connectivity index (χ2n) is 12.3. The number of amidine groups is 1. The molecular weight excluding hydrogens is 695 g/mol. The second kappa shape index (κ2) is 14.5. The summed E-state index contributed by atoms with van der Waals surface area (Å²) in [6.45, 7) is 2.75. The third kappa shape index (κ3) is 7.02. The summed E-state index contributed by atoms with van der Waals surface area (Å²) in [5.74, 6) is -1.65. The topological polar surface area (TPSA) is 219 Å². The number of hydrogen-bond donors (Lipinski definition) is 5. The highest BCUT2D eigenvalue weighted by Crippen LogP contribution is 2.40. The number of nitrogens with two attached hydrogens (primary N) is 2. The maximum atomic E-state index is 13.3. The first kappa shape index (κ1) is 34.1. The van der Waals surface area contributed by atoms with Crippen LogP contribution in [0.4, 0.5) is 5.13 Å². The highest BCUT2D eigenvalue weighted by Gasteiger charge is 2.55. The van der Waals surface area contributed by atoms with E-state index in [2.05, 4.69) is 41.8 Å². The molecule has 0 bridgehead atoms. The molecule has 7 rings (SSSR count). The van der Waals surface area contributed by atoms with Crippen molar-refractivity contribution in [2.24, 2.45) is 15.9 Å². The number of pyridine rings is 1. The molecular formula is C33H36N11O5S2+. The number of aliphatic imine (C=N–C) groups is 1. The fourth-order valence-electron chi connectivity index (χ4n) is 6.44. The molecule has 3 aliphatic heterocycles. The first-order valence-corrected chi connectivity index (χ1v) is 18.0. The van der Waals surface area contributed by atoms with Crippen LogP contribution in [0.5, 0.6) is 0 Å². The number of thioether (sulfide) groups is 1. The normalized spacial score (nSPS) is 21.0. The fourth-order valence-corrected chi connectivity index (χ4v) is 8.21. The highest BCUT2D eigenvalue weighted by molar-refractivity contribution is 8.00. The van der Waals surface area contributed by atoms with E-state index in [1.807, 2.05) is 47.4 Å². The van der Waals surface area contributed by atoms with Gasteiger partial charge in [-0.15, -0.1) is 11.8 Å². The SMILES string of the molecule is CON=C(C(=O)N[C@@H]1C(=O)N2C(C(=O)O)=C(C[n+]3ccc4ccn(Cc5ccc(C(N)=NC6CCCNC6)cc5)c4c3)CS[C@H]12)c1nsc(N)n1. The van der Waals surface area contributed by atoms with Gasteiger partial charge in [-0.2, -0.15) is 13.9 Å². The van der Waals surface area contributed by atoms with E-state index in [0.717, 1.165) is 59.5 Å². The van der Waals surface area contributed by atoms with Crippen LogP contribution in [0.25, 0.3) is 10.9 Å². The van der Waals surface area contributed by atoms with Crippen molar-refractivity contribution in [1.29, 1.82) is 0 Å². The van der Waals surface area contributed by atoms with Crippen LogP contribution in [0, 0.1) is 0 Å². The molecule has 2 amide bonds.